The lowest BCUT2D eigenvalue weighted by atomic mass is 10.1. The molecule has 1 fully saturated rings. The number of hydrogen-bond donors (Lipinski definition) is 1. The van der Waals surface area contributed by atoms with Crippen LogP contribution in [0.3, 0.4) is 0 Å². The van der Waals surface area contributed by atoms with Crippen molar-refractivity contribution in [3.8, 4) is 11.3 Å². The molecule has 4 rings (SSSR count). The Hall–Kier alpha value is -3.84. The molecule has 8 heteroatoms. The maximum Gasteiger partial charge on any atom is 0.339 e. The molecular weight excluding hydrogens is 408 g/mol. The summed E-state index contributed by atoms with van der Waals surface area (Å²) in [5, 5.41) is 1.44. The van der Waals surface area contributed by atoms with Gasteiger partial charge in [-0.2, -0.15) is 0 Å². The average molecular weight is 423 g/mol. The normalized spacial score (nSPS) is 14.9. The lowest BCUT2D eigenvalue weighted by Gasteiger charge is -2.13. The Morgan fingerprint density at radius 1 is 1.10 bits per heavy atom. The van der Waals surface area contributed by atoms with Gasteiger partial charge in [-0.3, -0.25) is 15.0 Å². The number of furan rings is 1. The van der Waals surface area contributed by atoms with E-state index >= 15 is 0 Å². The Morgan fingerprint density at radius 3 is 2.60 bits per heavy atom. The van der Waals surface area contributed by atoms with E-state index < -0.39 is 17.8 Å². The van der Waals surface area contributed by atoms with Crippen LogP contribution < -0.4 is 10.4 Å². The highest BCUT2D eigenvalue weighted by Gasteiger charge is 2.34. The smallest absolute Gasteiger partial charge is 0.339 e. The van der Waals surface area contributed by atoms with Gasteiger partial charge in [0.2, 0.25) is 0 Å². The summed E-state index contributed by atoms with van der Waals surface area (Å²) in [4.78, 5) is 36.8. The van der Waals surface area contributed by atoms with Crippen molar-refractivity contribution in [2.75, 3.05) is 12.1 Å². The number of esters is 1. The molecule has 1 aliphatic heterocycles. The minimum atomic E-state index is -0.565. The number of hydrazine groups is 1. The highest BCUT2D eigenvalue weighted by molar-refractivity contribution is 6.33. The SMILES string of the molecule is COC(=O)c1cc(-c2ccc(/C=C3/C(=O)NN(c4ccccc4)C3=O)o2)ccc1Cl. The van der Waals surface area contributed by atoms with Crippen molar-refractivity contribution in [1.29, 1.82) is 0 Å². The lowest BCUT2D eigenvalue weighted by Crippen LogP contribution is -2.35. The summed E-state index contributed by atoms with van der Waals surface area (Å²) in [6, 6.07) is 16.9. The van der Waals surface area contributed by atoms with Crippen molar-refractivity contribution in [2.45, 2.75) is 0 Å². The topological polar surface area (TPSA) is 88.9 Å². The third kappa shape index (κ3) is 3.58. The fourth-order valence-corrected chi connectivity index (χ4v) is 3.18. The van der Waals surface area contributed by atoms with E-state index in [2.05, 4.69) is 5.43 Å². The molecule has 0 spiro atoms. The highest BCUT2D eigenvalue weighted by Crippen LogP contribution is 2.29. The molecule has 1 aliphatic rings. The molecule has 0 bridgehead atoms. The Kier molecular flexibility index (Phi) is 5.12. The number of ether oxygens (including phenoxy) is 1. The van der Waals surface area contributed by atoms with Gasteiger partial charge in [-0.15, -0.1) is 0 Å². The summed E-state index contributed by atoms with van der Waals surface area (Å²) in [6.07, 6.45) is 1.38. The molecule has 0 saturated carbocycles. The first-order valence-electron chi connectivity index (χ1n) is 8.88. The maximum atomic E-state index is 12.7. The first-order chi connectivity index (χ1) is 14.5. The van der Waals surface area contributed by atoms with Crippen molar-refractivity contribution in [3.63, 3.8) is 0 Å². The monoisotopic (exact) mass is 422 g/mol. The second kappa shape index (κ2) is 7.88. The number of amides is 2. The number of benzene rings is 2. The first kappa shape index (κ1) is 19.5. The van der Waals surface area contributed by atoms with Gasteiger partial charge in [-0.1, -0.05) is 29.8 Å². The Balaban J connectivity index is 1.62. The van der Waals surface area contributed by atoms with Crippen molar-refractivity contribution >= 4 is 41.1 Å². The summed E-state index contributed by atoms with van der Waals surface area (Å²) >= 11 is 6.04. The van der Waals surface area contributed by atoms with Crippen LogP contribution in [0.15, 0.2) is 70.7 Å². The van der Waals surface area contributed by atoms with Gasteiger partial charge >= 0.3 is 5.97 Å². The van der Waals surface area contributed by atoms with Crippen LogP contribution >= 0.6 is 11.6 Å². The van der Waals surface area contributed by atoms with Crippen molar-refractivity contribution < 1.29 is 23.5 Å². The Bertz CT molecular complexity index is 1180. The number of carbonyl (C=O) groups is 3. The van der Waals surface area contributed by atoms with Crippen LogP contribution in [0.4, 0.5) is 5.69 Å². The minimum absolute atomic E-state index is 0.0499. The molecule has 150 valence electrons. The molecule has 2 amide bonds. The summed E-state index contributed by atoms with van der Waals surface area (Å²) in [6.45, 7) is 0. The van der Waals surface area contributed by atoms with Gasteiger partial charge in [0.05, 0.1) is 23.4 Å². The molecule has 0 aliphatic carbocycles. The largest absolute Gasteiger partial charge is 0.465 e. The number of nitrogens with zero attached hydrogens (tertiary/aromatic N) is 1. The highest BCUT2D eigenvalue weighted by atomic mass is 35.5. The van der Waals surface area contributed by atoms with E-state index in [4.69, 9.17) is 20.8 Å². The minimum Gasteiger partial charge on any atom is -0.465 e. The summed E-state index contributed by atoms with van der Waals surface area (Å²) in [5.74, 6) is -0.822. The number of halogens is 1. The molecule has 1 aromatic heterocycles. The van der Waals surface area contributed by atoms with Crippen LogP contribution in [-0.2, 0) is 14.3 Å². The molecule has 1 saturated heterocycles. The fourth-order valence-electron chi connectivity index (χ4n) is 2.99. The van der Waals surface area contributed by atoms with Gasteiger partial charge in [0.25, 0.3) is 11.8 Å². The van der Waals surface area contributed by atoms with Crippen LogP contribution in [0.2, 0.25) is 5.02 Å². The third-order valence-corrected chi connectivity index (χ3v) is 4.81. The molecule has 0 radical (unpaired) electrons. The predicted molar refractivity (Wildman–Crippen MR) is 111 cm³/mol. The maximum absolute atomic E-state index is 12.7. The van der Waals surface area contributed by atoms with Gasteiger partial charge in [-0.05, 0) is 48.5 Å². The molecular formula is C22H15ClN2O5. The molecule has 30 heavy (non-hydrogen) atoms. The summed E-state index contributed by atoms with van der Waals surface area (Å²) < 4.78 is 10.5. The van der Waals surface area contributed by atoms with Gasteiger partial charge < -0.3 is 9.15 Å². The lowest BCUT2D eigenvalue weighted by molar-refractivity contribution is -0.117. The first-order valence-corrected chi connectivity index (χ1v) is 9.26. The van der Waals surface area contributed by atoms with E-state index in [0.717, 1.165) is 0 Å². The molecule has 2 aromatic carbocycles. The zero-order valence-electron chi connectivity index (χ0n) is 15.7. The predicted octanol–water partition coefficient (Wildman–Crippen LogP) is 3.85. The number of nitrogens with one attached hydrogen (secondary N) is 1. The Morgan fingerprint density at radius 2 is 1.87 bits per heavy atom. The second-order valence-electron chi connectivity index (χ2n) is 6.36. The number of methoxy groups -OCH3 is 1. The van der Waals surface area contributed by atoms with Crippen molar-refractivity contribution in [2.24, 2.45) is 0 Å². The van der Waals surface area contributed by atoms with E-state index in [1.165, 1.54) is 18.2 Å². The average Bonchev–Trinajstić information content (AvgIpc) is 3.34. The zero-order chi connectivity index (χ0) is 21.3. The molecule has 7 nitrogen and oxygen atoms in total. The molecule has 2 heterocycles. The van der Waals surface area contributed by atoms with E-state index in [9.17, 15) is 14.4 Å². The molecule has 0 unspecified atom stereocenters. The van der Waals surface area contributed by atoms with Gasteiger partial charge in [0.15, 0.2) is 0 Å². The van der Waals surface area contributed by atoms with Gasteiger partial charge in [0.1, 0.15) is 17.1 Å². The van der Waals surface area contributed by atoms with Crippen LogP contribution in [-0.4, -0.2) is 24.9 Å². The van der Waals surface area contributed by atoms with Gasteiger partial charge in [0, 0.05) is 5.56 Å². The fraction of sp³-hybridized carbons (Fsp3) is 0.0455. The Labute approximate surface area is 176 Å². The molecule has 0 atom stereocenters. The van der Waals surface area contributed by atoms with Gasteiger partial charge in [-0.25, -0.2) is 9.80 Å². The van der Waals surface area contributed by atoms with E-state index in [0.29, 0.717) is 22.8 Å². The third-order valence-electron chi connectivity index (χ3n) is 4.48. The standard InChI is InChI=1S/C22H15ClN2O5/c1-29-22(28)16-11-13(7-9-18(16)23)19-10-8-15(30-19)12-17-20(26)24-25(21(17)27)14-5-3-2-4-6-14/h2-12H,1H3,(H,24,26)/b17-12-. The molecule has 1 N–H and O–H groups in total. The van der Waals surface area contributed by atoms with Crippen LogP contribution in [0.5, 0.6) is 0 Å². The number of anilines is 1. The van der Waals surface area contributed by atoms with E-state index in [-0.39, 0.29) is 16.2 Å². The van der Waals surface area contributed by atoms with Crippen molar-refractivity contribution in [1.82, 2.24) is 5.43 Å². The summed E-state index contributed by atoms with van der Waals surface area (Å²) in [5.41, 5.74) is 3.83. The number of carbonyl (C=O) groups excluding carboxylic acids is 3. The number of hydrogen-bond acceptors (Lipinski definition) is 5. The van der Waals surface area contributed by atoms with E-state index in [1.807, 2.05) is 6.07 Å². The van der Waals surface area contributed by atoms with E-state index in [1.54, 1.807) is 54.6 Å². The van der Waals surface area contributed by atoms with Crippen LogP contribution in [0, 0.1) is 0 Å². The van der Waals surface area contributed by atoms with Crippen molar-refractivity contribution in [3.05, 3.63) is 82.6 Å². The zero-order valence-corrected chi connectivity index (χ0v) is 16.5. The van der Waals surface area contributed by atoms with Crippen LogP contribution in [0.25, 0.3) is 17.4 Å². The number of para-hydroxylation sites is 1. The number of rotatable bonds is 4. The quantitative estimate of drug-likeness (QED) is 0.392. The van der Waals surface area contributed by atoms with Crippen LogP contribution in [0.1, 0.15) is 16.1 Å². The second-order valence-corrected chi connectivity index (χ2v) is 6.77. The molecule has 3 aromatic rings. The summed E-state index contributed by atoms with van der Waals surface area (Å²) in [7, 11) is 1.27.